The fraction of sp³-hybridized carbons (Fsp3) is 0. The second-order valence-corrected chi connectivity index (χ2v) is 30.4. The van der Waals surface area contributed by atoms with E-state index in [1.54, 1.807) is 6.33 Å². The maximum atomic E-state index is 6.46. The first kappa shape index (κ1) is 71.9. The molecule has 23 aromatic rings. The molecular formula is C111H69N9O2. The van der Waals surface area contributed by atoms with Crippen LogP contribution in [0.4, 0.5) is 0 Å². The summed E-state index contributed by atoms with van der Waals surface area (Å²) in [7, 11) is 0. The van der Waals surface area contributed by atoms with Crippen molar-refractivity contribution in [1.29, 1.82) is 0 Å². The first-order valence-corrected chi connectivity index (χ1v) is 40.7. The van der Waals surface area contributed by atoms with Gasteiger partial charge in [-0.05, 0) is 167 Å². The average molecular weight is 1560 g/mol. The molecule has 0 saturated carbocycles. The van der Waals surface area contributed by atoms with E-state index >= 15 is 0 Å². The van der Waals surface area contributed by atoms with Gasteiger partial charge in [-0.1, -0.05) is 346 Å². The van der Waals surface area contributed by atoms with Crippen LogP contribution in [0, 0.1) is 0 Å². The second kappa shape index (κ2) is 31.1. The summed E-state index contributed by atoms with van der Waals surface area (Å²) in [5.74, 6) is 2.54. The van der Waals surface area contributed by atoms with E-state index in [2.05, 4.69) is 346 Å². The van der Waals surface area contributed by atoms with Crippen molar-refractivity contribution >= 4 is 77.0 Å². The summed E-state index contributed by atoms with van der Waals surface area (Å²) in [4.78, 5) is 44.6. The number of benzene rings is 17. The van der Waals surface area contributed by atoms with Gasteiger partial charge in [-0.3, -0.25) is 0 Å². The van der Waals surface area contributed by atoms with Crippen molar-refractivity contribution in [2.24, 2.45) is 0 Å². The van der Waals surface area contributed by atoms with Gasteiger partial charge in [0.2, 0.25) is 5.71 Å². The molecule has 0 fully saturated rings. The molecule has 0 amide bonds. The molecule has 0 saturated heterocycles. The lowest BCUT2D eigenvalue weighted by Crippen LogP contribution is -2.00. The zero-order valence-corrected chi connectivity index (χ0v) is 65.7. The fourth-order valence-corrected chi connectivity index (χ4v) is 16.5. The minimum atomic E-state index is 0.549. The van der Waals surface area contributed by atoms with E-state index in [4.69, 9.17) is 53.7 Å². The van der Waals surface area contributed by atoms with Gasteiger partial charge in [-0.25, -0.2) is 44.9 Å². The van der Waals surface area contributed by atoms with Crippen LogP contribution in [0.15, 0.2) is 428 Å². The Morgan fingerprint density at radius 2 is 0.541 bits per heavy atom. The second-order valence-electron chi connectivity index (χ2n) is 30.4. The molecule has 0 radical (unpaired) electrons. The summed E-state index contributed by atoms with van der Waals surface area (Å²) >= 11 is 0. The van der Waals surface area contributed by atoms with Gasteiger partial charge in [0.1, 0.15) is 34.2 Å². The van der Waals surface area contributed by atoms with Crippen LogP contribution in [0.2, 0.25) is 0 Å². The zero-order valence-electron chi connectivity index (χ0n) is 65.7. The Bertz CT molecular complexity index is 7810. The van der Waals surface area contributed by atoms with E-state index in [9.17, 15) is 0 Å². The van der Waals surface area contributed by atoms with Crippen LogP contribution in [-0.2, 0) is 0 Å². The highest BCUT2D eigenvalue weighted by atomic mass is 16.3. The number of rotatable bonds is 14. The van der Waals surface area contributed by atoms with E-state index in [1.165, 1.54) is 11.1 Å². The quantitative estimate of drug-likeness (QED) is 0.103. The molecule has 11 nitrogen and oxygen atoms in total. The van der Waals surface area contributed by atoms with Crippen molar-refractivity contribution in [3.8, 4) is 157 Å². The normalized spacial score (nSPS) is 11.4. The SMILES string of the molecule is c1ccc(-c2ccc(-c3nc(-c4ccc(-c5ccccc5)cc4)nc(-c4cccc(-c5ccc(-c6cccc(-c7ccc8oc9nc%10ccccc%10nc9c8c7)c6)cc5)c4)n3)cc2)cc1.c1ccc(-c2ccc(-c3nc(-c4cccc(-c5cccc(-c6cccc(-c7ncnc8c7oc7ccc9ccccc9c78)c6)c5)c4)nc4ccccc34)cc2)cc1. The van der Waals surface area contributed by atoms with Crippen LogP contribution >= 0.6 is 0 Å². The van der Waals surface area contributed by atoms with Gasteiger partial charge in [0.15, 0.2) is 28.9 Å². The highest BCUT2D eigenvalue weighted by Gasteiger charge is 2.21. The van der Waals surface area contributed by atoms with Gasteiger partial charge in [-0.15, -0.1) is 0 Å². The Morgan fingerprint density at radius 1 is 0.180 bits per heavy atom. The van der Waals surface area contributed by atoms with E-state index in [0.717, 1.165) is 188 Å². The summed E-state index contributed by atoms with van der Waals surface area (Å²) in [6.07, 6.45) is 1.64. The van der Waals surface area contributed by atoms with Crippen molar-refractivity contribution in [2.45, 2.75) is 0 Å². The zero-order chi connectivity index (χ0) is 80.8. The number of nitrogens with zero attached hydrogens (tertiary/aromatic N) is 9. The average Bonchev–Trinajstić information content (AvgIpc) is 1.59. The predicted molar refractivity (Wildman–Crippen MR) is 496 cm³/mol. The lowest BCUT2D eigenvalue weighted by molar-refractivity contribution is 0.655. The molecule has 6 aromatic heterocycles. The lowest BCUT2D eigenvalue weighted by Gasteiger charge is -2.12. The Morgan fingerprint density at radius 3 is 1.07 bits per heavy atom. The summed E-state index contributed by atoms with van der Waals surface area (Å²) in [6.45, 7) is 0. The maximum Gasteiger partial charge on any atom is 0.246 e. The number of fused-ring (bicyclic) bond motifs is 10. The van der Waals surface area contributed by atoms with Crippen LogP contribution in [0.3, 0.4) is 0 Å². The Labute approximate surface area is 702 Å². The molecule has 0 unspecified atom stereocenters. The van der Waals surface area contributed by atoms with E-state index in [1.807, 2.05) is 66.7 Å². The lowest BCUT2D eigenvalue weighted by atomic mass is 9.96. The van der Waals surface area contributed by atoms with Crippen molar-refractivity contribution in [1.82, 2.24) is 44.9 Å². The number of furan rings is 2. The standard InChI is InChI=1S/C59H37N5O.C52H32N4O/c1-3-11-38(12-4-1)40-25-29-44(30-26-40)56-62-57(45-31-27-41(28-32-45)39-13-5-2-6-14-39)64-58(63-56)50-18-10-16-47(36-50)43-23-21-42(22-24-43)46-15-9-17-48(35-46)49-33-34-54-51(37-49)55-59(65-54)61-53-20-8-7-19-52(53)60-55;1-2-11-33(12-3-1)34-23-25-36(26-24-34)48-44-21-6-7-22-45(44)55-52(56-48)42-19-10-17-40(31-42)38-15-8-14-37(29-38)39-16-9-18-41(30-39)49-51-50(54-32-53-49)47-43-20-5-4-13-35(43)27-28-46(47)57-51/h1-37H;1-32H. The van der Waals surface area contributed by atoms with Crippen molar-refractivity contribution < 1.29 is 8.83 Å². The topological polar surface area (TPSA) is 142 Å². The molecule has 17 aromatic carbocycles. The first-order chi connectivity index (χ1) is 60.4. The van der Waals surface area contributed by atoms with E-state index < -0.39 is 0 Å². The summed E-state index contributed by atoms with van der Waals surface area (Å²) in [6, 6.07) is 143. The molecule has 11 heteroatoms. The molecule has 6 heterocycles. The highest BCUT2D eigenvalue weighted by molar-refractivity contribution is 6.19. The summed E-state index contributed by atoms with van der Waals surface area (Å²) in [5.41, 5.74) is 32.4. The molecule has 122 heavy (non-hydrogen) atoms. The maximum absolute atomic E-state index is 6.46. The Hall–Kier alpha value is -16.6. The molecule has 0 aliphatic rings. The third-order valence-corrected chi connectivity index (χ3v) is 22.8. The van der Waals surface area contributed by atoms with Crippen molar-refractivity contribution in [3.05, 3.63) is 419 Å². The van der Waals surface area contributed by atoms with Gasteiger partial charge in [0.05, 0.1) is 27.6 Å². The molecule has 0 bridgehead atoms. The van der Waals surface area contributed by atoms with Gasteiger partial charge in [0, 0.05) is 44.2 Å². The van der Waals surface area contributed by atoms with Crippen molar-refractivity contribution in [3.63, 3.8) is 0 Å². The fourth-order valence-electron chi connectivity index (χ4n) is 16.5. The van der Waals surface area contributed by atoms with Crippen LogP contribution in [-0.4, -0.2) is 44.9 Å². The number of hydrogen-bond acceptors (Lipinski definition) is 11. The number of para-hydroxylation sites is 3. The minimum Gasteiger partial charge on any atom is -0.452 e. The highest BCUT2D eigenvalue weighted by Crippen LogP contribution is 2.42. The predicted octanol–water partition coefficient (Wildman–Crippen LogP) is 28.5. The number of aromatic nitrogens is 9. The van der Waals surface area contributed by atoms with Crippen LogP contribution in [0.1, 0.15) is 0 Å². The van der Waals surface area contributed by atoms with Crippen LogP contribution in [0.5, 0.6) is 0 Å². The van der Waals surface area contributed by atoms with Gasteiger partial charge >= 0.3 is 0 Å². The monoisotopic (exact) mass is 1560 g/mol. The van der Waals surface area contributed by atoms with E-state index in [0.29, 0.717) is 34.6 Å². The summed E-state index contributed by atoms with van der Waals surface area (Å²) in [5, 5.41) is 5.26. The van der Waals surface area contributed by atoms with Crippen molar-refractivity contribution in [2.75, 3.05) is 0 Å². The van der Waals surface area contributed by atoms with Gasteiger partial charge < -0.3 is 8.83 Å². The number of hydrogen-bond donors (Lipinski definition) is 0. The molecule has 570 valence electrons. The van der Waals surface area contributed by atoms with Gasteiger partial charge in [-0.2, -0.15) is 0 Å². The first-order valence-electron chi connectivity index (χ1n) is 40.7. The Kier molecular flexibility index (Phi) is 18.3. The molecule has 23 rings (SSSR count). The molecule has 0 atom stereocenters. The molecule has 0 spiro atoms. The third kappa shape index (κ3) is 14.0. The Balaban J connectivity index is 0.000000147. The van der Waals surface area contributed by atoms with Gasteiger partial charge in [0.25, 0.3) is 0 Å². The molecule has 0 aliphatic carbocycles. The van der Waals surface area contributed by atoms with E-state index in [-0.39, 0.29) is 0 Å². The largest absolute Gasteiger partial charge is 0.452 e. The molecule has 0 N–H and O–H groups in total. The van der Waals surface area contributed by atoms with Crippen LogP contribution in [0.25, 0.3) is 234 Å². The summed E-state index contributed by atoms with van der Waals surface area (Å²) < 4.78 is 12.6. The smallest absolute Gasteiger partial charge is 0.246 e. The minimum absolute atomic E-state index is 0.549. The molecular weight excluding hydrogens is 1490 g/mol. The molecule has 0 aliphatic heterocycles. The third-order valence-electron chi connectivity index (χ3n) is 22.8. The van der Waals surface area contributed by atoms with Crippen LogP contribution < -0.4 is 0 Å².